The van der Waals surface area contributed by atoms with Crippen LogP contribution in [0.3, 0.4) is 0 Å². The third kappa shape index (κ3) is 7.59. The average molecular weight is 625 g/mol. The van der Waals surface area contributed by atoms with Crippen molar-refractivity contribution in [3.8, 4) is 16.9 Å². The SMILES string of the molecule is CCC(=O)OCO/N=[N+](\[O-])N1CCC(C(=O)NS(=O)(=O)c2ccc(-n3nc(C(F)(F)F)cc3-c3ccc(C)cc3)cc2)C1. The smallest absolute Gasteiger partial charge is 0.435 e. The van der Waals surface area contributed by atoms with E-state index in [0.717, 1.165) is 33.5 Å². The molecule has 1 aromatic heterocycles. The molecule has 0 aliphatic carbocycles. The molecular formula is C26H27F3N6O7S. The van der Waals surface area contributed by atoms with Crippen LogP contribution in [0.1, 0.15) is 31.0 Å². The molecule has 1 aliphatic rings. The summed E-state index contributed by atoms with van der Waals surface area (Å²) in [4.78, 5) is 28.1. The summed E-state index contributed by atoms with van der Waals surface area (Å²) in [5.74, 6) is -2.28. The molecule has 2 aromatic carbocycles. The number of carbonyl (C=O) groups is 2. The van der Waals surface area contributed by atoms with Crippen LogP contribution in [-0.2, 0) is 35.4 Å². The number of rotatable bonds is 10. The highest BCUT2D eigenvalue weighted by atomic mass is 32.2. The molecule has 4 rings (SSSR count). The van der Waals surface area contributed by atoms with Gasteiger partial charge in [0, 0.05) is 12.0 Å². The number of hydrogen-bond donors (Lipinski definition) is 1. The van der Waals surface area contributed by atoms with Gasteiger partial charge in [0.15, 0.2) is 5.69 Å². The second kappa shape index (κ2) is 12.7. The molecule has 0 radical (unpaired) electrons. The Kier molecular flexibility index (Phi) is 9.22. The van der Waals surface area contributed by atoms with E-state index in [1.54, 1.807) is 31.2 Å². The number of nitrogens with zero attached hydrogens (tertiary/aromatic N) is 5. The third-order valence-electron chi connectivity index (χ3n) is 6.44. The summed E-state index contributed by atoms with van der Waals surface area (Å²) >= 11 is 0. The summed E-state index contributed by atoms with van der Waals surface area (Å²) in [7, 11) is -4.36. The first-order valence-corrected chi connectivity index (χ1v) is 14.4. The van der Waals surface area contributed by atoms with E-state index in [1.807, 2.05) is 11.6 Å². The number of aromatic nitrogens is 2. The number of alkyl halides is 3. The molecule has 1 aliphatic heterocycles. The van der Waals surface area contributed by atoms with Crippen molar-refractivity contribution in [2.24, 2.45) is 11.2 Å². The third-order valence-corrected chi connectivity index (χ3v) is 7.80. The van der Waals surface area contributed by atoms with Crippen molar-refractivity contribution in [2.45, 2.75) is 37.8 Å². The standard InChI is InChI=1S/C26H27F3N6O7S/c1-3-24(36)41-16-42-32-35(38)33-13-12-19(15-33)25(37)31-43(39,40)21-10-8-20(9-11-21)34-22(14-23(30-34)26(27,28)29)18-6-4-17(2)5-7-18/h4-11,14,19H,3,12-13,15-16H2,1-2H3,(H,31,37)/b35-32-. The van der Waals surface area contributed by atoms with Crippen LogP contribution >= 0.6 is 0 Å². The fourth-order valence-electron chi connectivity index (χ4n) is 4.12. The highest BCUT2D eigenvalue weighted by Gasteiger charge is 2.36. The van der Waals surface area contributed by atoms with Gasteiger partial charge >= 0.3 is 12.1 Å². The van der Waals surface area contributed by atoms with Gasteiger partial charge in [0.1, 0.15) is 0 Å². The Hall–Kier alpha value is -4.67. The minimum atomic E-state index is -4.71. The zero-order chi connectivity index (χ0) is 31.4. The molecule has 1 saturated heterocycles. The van der Waals surface area contributed by atoms with Crippen LogP contribution in [0.2, 0.25) is 0 Å². The van der Waals surface area contributed by atoms with Gasteiger partial charge in [-0.15, -0.1) is 5.01 Å². The molecule has 230 valence electrons. The minimum Gasteiger partial charge on any atom is -0.569 e. The Balaban J connectivity index is 1.44. The van der Waals surface area contributed by atoms with Crippen LogP contribution < -0.4 is 4.72 Å². The van der Waals surface area contributed by atoms with Gasteiger partial charge in [0.05, 0.1) is 40.3 Å². The molecule has 1 fully saturated rings. The predicted molar refractivity (Wildman–Crippen MR) is 142 cm³/mol. The van der Waals surface area contributed by atoms with E-state index in [4.69, 9.17) is 0 Å². The molecule has 17 heteroatoms. The summed E-state index contributed by atoms with van der Waals surface area (Å²) in [5, 5.41) is 20.1. The Morgan fingerprint density at radius 3 is 2.47 bits per heavy atom. The fraction of sp³-hybridized carbons (Fsp3) is 0.346. The molecule has 1 N–H and O–H groups in total. The fourth-order valence-corrected chi connectivity index (χ4v) is 5.16. The molecule has 0 spiro atoms. The number of ether oxygens (including phenoxy) is 1. The normalized spacial score (nSPS) is 15.8. The van der Waals surface area contributed by atoms with Gasteiger partial charge in [-0.05, 0) is 43.7 Å². The predicted octanol–water partition coefficient (Wildman–Crippen LogP) is 3.71. The van der Waals surface area contributed by atoms with E-state index >= 15 is 0 Å². The van der Waals surface area contributed by atoms with Crippen molar-refractivity contribution >= 4 is 21.9 Å². The zero-order valence-electron chi connectivity index (χ0n) is 22.9. The highest BCUT2D eigenvalue weighted by Crippen LogP contribution is 2.33. The van der Waals surface area contributed by atoms with E-state index in [9.17, 15) is 36.4 Å². The number of benzene rings is 2. The molecular weight excluding hydrogens is 597 g/mol. The number of nitrogens with one attached hydrogen (secondary N) is 1. The van der Waals surface area contributed by atoms with E-state index in [-0.39, 0.29) is 47.2 Å². The van der Waals surface area contributed by atoms with Gasteiger partial charge in [0.25, 0.3) is 16.8 Å². The van der Waals surface area contributed by atoms with Gasteiger partial charge in [-0.1, -0.05) is 36.8 Å². The first-order chi connectivity index (χ1) is 20.3. The highest BCUT2D eigenvalue weighted by molar-refractivity contribution is 7.90. The maximum Gasteiger partial charge on any atom is 0.435 e. The molecule has 43 heavy (non-hydrogen) atoms. The molecule has 13 nitrogen and oxygen atoms in total. The first kappa shape index (κ1) is 31.3. The van der Waals surface area contributed by atoms with E-state index in [1.165, 1.54) is 12.1 Å². The monoisotopic (exact) mass is 624 g/mol. The van der Waals surface area contributed by atoms with E-state index in [2.05, 4.69) is 20.0 Å². The minimum absolute atomic E-state index is 0.0740. The second-order valence-corrected chi connectivity index (χ2v) is 11.2. The summed E-state index contributed by atoms with van der Waals surface area (Å²) in [6.45, 7) is 2.75. The number of carbonyl (C=O) groups excluding carboxylic acids is 2. The summed E-state index contributed by atoms with van der Waals surface area (Å²) in [6.07, 6.45) is -4.45. The van der Waals surface area contributed by atoms with Crippen LogP contribution in [0.5, 0.6) is 0 Å². The molecule has 1 amide bonds. The lowest BCUT2D eigenvalue weighted by Crippen LogP contribution is -2.37. The van der Waals surface area contributed by atoms with Gasteiger partial charge in [-0.2, -0.15) is 18.3 Å². The lowest BCUT2D eigenvalue weighted by Gasteiger charge is -2.13. The summed E-state index contributed by atoms with van der Waals surface area (Å²) < 4.78 is 73.9. The number of hydrazine groups is 1. The zero-order valence-corrected chi connectivity index (χ0v) is 23.8. The maximum absolute atomic E-state index is 13.5. The molecule has 2 heterocycles. The van der Waals surface area contributed by atoms with Crippen molar-refractivity contribution in [1.82, 2.24) is 19.5 Å². The van der Waals surface area contributed by atoms with Crippen molar-refractivity contribution in [3.63, 3.8) is 0 Å². The van der Waals surface area contributed by atoms with Crippen molar-refractivity contribution < 1.29 is 45.7 Å². The number of halogens is 3. The average Bonchev–Trinajstić information content (AvgIpc) is 3.64. The van der Waals surface area contributed by atoms with Gasteiger partial charge in [-0.25, -0.2) is 17.8 Å². The van der Waals surface area contributed by atoms with Crippen molar-refractivity contribution in [1.29, 1.82) is 0 Å². The molecule has 1 atom stereocenters. The van der Waals surface area contributed by atoms with E-state index < -0.39 is 46.5 Å². The maximum atomic E-state index is 13.5. The lowest BCUT2D eigenvalue weighted by atomic mass is 10.1. The number of esters is 1. The van der Waals surface area contributed by atoms with Gasteiger partial charge < -0.3 is 14.8 Å². The number of aryl methyl sites for hydroxylation is 1. The van der Waals surface area contributed by atoms with Crippen LogP contribution in [-0.4, -0.2) is 59.9 Å². The topological polar surface area (TPSA) is 158 Å². The molecule has 1 unspecified atom stereocenters. The van der Waals surface area contributed by atoms with Crippen molar-refractivity contribution in [3.05, 3.63) is 71.1 Å². The van der Waals surface area contributed by atoms with Gasteiger partial charge in [-0.3, -0.25) is 9.59 Å². The number of sulfonamides is 1. The lowest BCUT2D eigenvalue weighted by molar-refractivity contribution is -0.708. The first-order valence-electron chi connectivity index (χ1n) is 12.9. The Bertz CT molecular complexity index is 1610. The van der Waals surface area contributed by atoms with E-state index in [0.29, 0.717) is 5.56 Å². The Morgan fingerprint density at radius 2 is 1.84 bits per heavy atom. The largest absolute Gasteiger partial charge is 0.569 e. The van der Waals surface area contributed by atoms with Crippen molar-refractivity contribution in [2.75, 3.05) is 19.9 Å². The Labute approximate surface area is 244 Å². The second-order valence-electron chi connectivity index (χ2n) is 9.50. The molecule has 0 bridgehead atoms. The van der Waals surface area contributed by atoms with Crippen LogP contribution in [0.15, 0.2) is 64.8 Å². The summed E-state index contributed by atoms with van der Waals surface area (Å²) in [5.41, 5.74) is 0.573. The quantitative estimate of drug-likeness (QED) is 0.0886. The number of amides is 1. The molecule has 3 aromatic rings. The van der Waals surface area contributed by atoms with Gasteiger partial charge in [0.2, 0.25) is 11.2 Å². The summed E-state index contributed by atoms with van der Waals surface area (Å²) in [6, 6.07) is 12.5. The molecule has 0 saturated carbocycles. The Morgan fingerprint density at radius 1 is 1.16 bits per heavy atom. The van der Waals surface area contributed by atoms with Crippen LogP contribution in [0.25, 0.3) is 16.9 Å². The van der Waals surface area contributed by atoms with Crippen LogP contribution in [0.4, 0.5) is 13.2 Å². The van der Waals surface area contributed by atoms with Crippen LogP contribution in [0, 0.1) is 18.0 Å². The number of hydrogen-bond acceptors (Lipinski definition) is 9.